The van der Waals surface area contributed by atoms with Crippen LogP contribution < -0.4 is 0 Å². The van der Waals surface area contributed by atoms with Crippen molar-refractivity contribution < 1.29 is 105 Å². The Morgan fingerprint density at radius 1 is 0.324 bits per heavy atom. The van der Waals surface area contributed by atoms with Crippen LogP contribution in [0, 0.1) is 34.9 Å². The van der Waals surface area contributed by atoms with Crippen molar-refractivity contribution in [2.75, 3.05) is 36.0 Å². The molecule has 0 amide bonds. The molecule has 9 rings (SSSR count). The first-order valence-electron chi connectivity index (χ1n) is 33.5. The highest BCUT2D eigenvalue weighted by molar-refractivity contribution is 7.91. The quantitative estimate of drug-likeness (QED) is 0.0443. The molecule has 111 heavy (non-hydrogen) atoms. The maximum atomic E-state index is 14.5. The standard InChI is InChI=1S/3C26H23ClF5NO3S/c3*1-15(18-4-3-16(22(29)14-18)11-12-37(2,35)36)23(34)9-6-17-7-10-24(26(30,31)32)33-25(17)19-5-8-21(28)20(27)13-19/h3*3-5,7-8,10,13-15H,6,9,11-12H2,1-2H3/t2*15-;/m10./s1. The van der Waals surface area contributed by atoms with E-state index in [0.29, 0.717) is 33.4 Å². The van der Waals surface area contributed by atoms with Crippen molar-refractivity contribution in [2.45, 2.75) is 115 Å². The van der Waals surface area contributed by atoms with E-state index in [9.17, 15) is 105 Å². The monoisotopic (exact) mass is 1680 g/mol. The van der Waals surface area contributed by atoms with Gasteiger partial charge in [-0.25, -0.2) is 66.5 Å². The average Bonchev–Trinajstić information content (AvgIpc) is 0.805. The van der Waals surface area contributed by atoms with Crippen molar-refractivity contribution in [3.63, 3.8) is 0 Å². The van der Waals surface area contributed by atoms with Crippen LogP contribution in [0.3, 0.4) is 0 Å². The maximum Gasteiger partial charge on any atom is 0.433 e. The van der Waals surface area contributed by atoms with E-state index in [-0.39, 0.29) is 158 Å². The van der Waals surface area contributed by atoms with Gasteiger partial charge >= 0.3 is 18.5 Å². The number of Topliss-reactive ketones (excluding diaryl/α,β-unsaturated/α-hetero) is 3. The minimum absolute atomic E-state index is 0.00434. The molecule has 0 aliphatic rings. The molecule has 3 heterocycles. The fourth-order valence-corrected chi connectivity index (χ4v) is 13.5. The highest BCUT2D eigenvalue weighted by atomic mass is 35.5. The molecule has 0 aliphatic heterocycles. The SMILES string of the molecule is CC(C(=O)CCc1ccc(C(F)(F)F)nc1-c1ccc(F)c(Cl)c1)c1ccc(CCS(C)(=O)=O)c(F)c1.C[C@@H](C(=O)CCc1ccc(C(F)(F)F)nc1-c1ccc(F)c(Cl)c1)c1ccc(CCS(C)(=O)=O)c(F)c1.C[C@H](C(=O)CCc1ccc(C(F)(F)F)nc1-c1ccc(F)c(Cl)c1)c1ccc(CCS(C)(=O)=O)c(F)c1. The van der Waals surface area contributed by atoms with Crippen molar-refractivity contribution in [1.82, 2.24) is 15.0 Å². The van der Waals surface area contributed by atoms with E-state index in [1.807, 2.05) is 0 Å². The van der Waals surface area contributed by atoms with E-state index in [1.54, 1.807) is 39.0 Å². The molecule has 3 aromatic heterocycles. The highest BCUT2D eigenvalue weighted by Crippen LogP contribution is 2.38. The molecular weight excluding hydrogens is 1610 g/mol. The highest BCUT2D eigenvalue weighted by Gasteiger charge is 2.36. The number of aromatic nitrogens is 3. The summed E-state index contributed by atoms with van der Waals surface area (Å²) in [4.78, 5) is 49.7. The molecule has 0 spiro atoms. The summed E-state index contributed by atoms with van der Waals surface area (Å²) in [6.07, 6.45) is -11.1. The largest absolute Gasteiger partial charge is 0.433 e. The van der Waals surface area contributed by atoms with Crippen LogP contribution >= 0.6 is 34.8 Å². The van der Waals surface area contributed by atoms with Crippen LogP contribution in [0.4, 0.5) is 65.9 Å². The molecule has 0 bridgehead atoms. The summed E-state index contributed by atoms with van der Waals surface area (Å²) < 4.78 is 272. The zero-order valence-electron chi connectivity index (χ0n) is 59.6. The number of benzene rings is 6. The van der Waals surface area contributed by atoms with Crippen molar-refractivity contribution in [3.8, 4) is 33.8 Å². The van der Waals surface area contributed by atoms with Gasteiger partial charge in [0.2, 0.25) is 0 Å². The second-order valence-electron chi connectivity index (χ2n) is 26.2. The Balaban J connectivity index is 0.000000231. The van der Waals surface area contributed by atoms with E-state index >= 15 is 0 Å². The zero-order valence-corrected chi connectivity index (χ0v) is 64.3. The molecule has 9 aromatic rings. The third-order valence-corrected chi connectivity index (χ3v) is 21.4. The van der Waals surface area contributed by atoms with Crippen molar-refractivity contribution in [2.24, 2.45) is 0 Å². The Kier molecular flexibility index (Phi) is 30.2. The molecule has 0 fully saturated rings. The van der Waals surface area contributed by atoms with E-state index in [1.165, 1.54) is 91.0 Å². The van der Waals surface area contributed by atoms with Gasteiger partial charge in [-0.05, 0) is 180 Å². The first-order valence-corrected chi connectivity index (χ1v) is 40.8. The van der Waals surface area contributed by atoms with Gasteiger partial charge in [-0.1, -0.05) is 110 Å². The number of alkyl halides is 9. The lowest BCUT2D eigenvalue weighted by Gasteiger charge is -2.15. The third-order valence-electron chi connectivity index (χ3n) is 17.7. The summed E-state index contributed by atoms with van der Waals surface area (Å²) >= 11 is 17.4. The smallest absolute Gasteiger partial charge is 0.299 e. The van der Waals surface area contributed by atoms with Crippen LogP contribution in [-0.4, -0.2) is 93.6 Å². The van der Waals surface area contributed by atoms with Crippen LogP contribution in [0.15, 0.2) is 146 Å². The van der Waals surface area contributed by atoms with Gasteiger partial charge in [-0.15, -0.1) is 0 Å². The van der Waals surface area contributed by atoms with Gasteiger partial charge < -0.3 is 0 Å². The number of carbonyl (C=O) groups excluding carboxylic acids is 3. The van der Waals surface area contributed by atoms with Crippen LogP contribution in [0.25, 0.3) is 33.8 Å². The van der Waals surface area contributed by atoms with Gasteiger partial charge in [0.15, 0.2) is 0 Å². The molecule has 6 aromatic carbocycles. The van der Waals surface area contributed by atoms with Crippen LogP contribution in [0.5, 0.6) is 0 Å². The lowest BCUT2D eigenvalue weighted by molar-refractivity contribution is -0.141. The molecule has 594 valence electrons. The normalized spacial score (nSPS) is 13.0. The van der Waals surface area contributed by atoms with E-state index in [4.69, 9.17) is 34.8 Å². The number of ketones is 3. The Bertz CT molecular complexity index is 4790. The molecule has 33 heteroatoms. The minimum Gasteiger partial charge on any atom is -0.299 e. The van der Waals surface area contributed by atoms with E-state index in [0.717, 1.165) is 55.2 Å². The molecule has 1 unspecified atom stereocenters. The number of hydrogen-bond donors (Lipinski definition) is 0. The molecule has 0 saturated heterocycles. The first kappa shape index (κ1) is 89.7. The van der Waals surface area contributed by atoms with Crippen LogP contribution in [0.2, 0.25) is 15.1 Å². The summed E-state index contributed by atoms with van der Waals surface area (Å²) in [5.41, 5.74) is -0.324. The molecule has 3 atom stereocenters. The molecule has 0 saturated carbocycles. The van der Waals surface area contributed by atoms with Crippen LogP contribution in [0.1, 0.15) is 125 Å². The van der Waals surface area contributed by atoms with Gasteiger partial charge in [0.05, 0.1) is 49.4 Å². The van der Waals surface area contributed by atoms with Crippen molar-refractivity contribution >= 4 is 81.7 Å². The number of halogens is 18. The molecule has 12 nitrogen and oxygen atoms in total. The zero-order chi connectivity index (χ0) is 82.6. The second-order valence-corrected chi connectivity index (χ2v) is 34.2. The Morgan fingerprint density at radius 2 is 0.550 bits per heavy atom. The Labute approximate surface area is 645 Å². The number of pyridine rings is 3. The lowest BCUT2D eigenvalue weighted by Crippen LogP contribution is -2.13. The third kappa shape index (κ3) is 26.3. The summed E-state index contributed by atoms with van der Waals surface area (Å²) in [7, 11) is -9.80. The fourth-order valence-electron chi connectivity index (χ4n) is 11.2. The lowest BCUT2D eigenvalue weighted by atomic mass is 9.91. The maximum absolute atomic E-state index is 14.5. The number of carbonyl (C=O) groups is 3. The fraction of sp³-hybridized carbons (Fsp3) is 0.308. The number of nitrogens with zero attached hydrogens (tertiary/aromatic N) is 3. The number of sulfone groups is 3. The first-order chi connectivity index (χ1) is 51.5. The molecule has 0 N–H and O–H groups in total. The molecular formula is C78H69Cl3F15N3O9S3. The number of aryl methyl sites for hydroxylation is 6. The summed E-state index contributed by atoms with van der Waals surface area (Å²) in [5, 5.41) is -0.849. The van der Waals surface area contributed by atoms with Gasteiger partial charge in [0.1, 0.15) is 98.8 Å². The van der Waals surface area contributed by atoms with Crippen molar-refractivity contribution in [1.29, 1.82) is 0 Å². The predicted molar refractivity (Wildman–Crippen MR) is 394 cm³/mol. The molecule has 0 radical (unpaired) electrons. The van der Waals surface area contributed by atoms with Gasteiger partial charge in [-0.3, -0.25) is 14.4 Å². The van der Waals surface area contributed by atoms with Crippen LogP contribution in [-0.2, 0) is 101 Å². The Hall–Kier alpha value is -8.55. The number of rotatable bonds is 27. The predicted octanol–water partition coefficient (Wildman–Crippen LogP) is 19.8. The van der Waals surface area contributed by atoms with E-state index in [2.05, 4.69) is 15.0 Å². The van der Waals surface area contributed by atoms with Gasteiger partial charge in [0.25, 0.3) is 0 Å². The second kappa shape index (κ2) is 37.4. The Morgan fingerprint density at radius 3 is 0.748 bits per heavy atom. The topological polar surface area (TPSA) is 192 Å². The van der Waals surface area contributed by atoms with Gasteiger partial charge in [0, 0.05) is 72.5 Å². The van der Waals surface area contributed by atoms with E-state index < -0.39 is 118 Å². The average molecular weight is 1680 g/mol. The number of hydrogen-bond acceptors (Lipinski definition) is 12. The summed E-state index contributed by atoms with van der Waals surface area (Å²) in [5.74, 6) is -7.72. The minimum atomic E-state index is -4.71. The summed E-state index contributed by atoms with van der Waals surface area (Å²) in [6, 6.07) is 28.9. The van der Waals surface area contributed by atoms with Crippen molar-refractivity contribution in [3.05, 3.63) is 263 Å². The summed E-state index contributed by atoms with van der Waals surface area (Å²) in [6.45, 7) is 4.75. The van der Waals surface area contributed by atoms with Gasteiger partial charge in [-0.2, -0.15) is 39.5 Å². The molecule has 0 aliphatic carbocycles.